The molecular formula is C16H20N2OS. The molecule has 0 saturated heterocycles. The first-order chi connectivity index (χ1) is 9.69. The Bertz CT molecular complexity index is 661. The molecule has 1 aliphatic rings. The zero-order chi connectivity index (χ0) is 14.1. The number of amides is 1. The molecule has 1 aliphatic carbocycles. The van der Waals surface area contributed by atoms with Crippen LogP contribution in [0.25, 0.3) is 10.2 Å². The minimum atomic E-state index is 0.0578. The van der Waals surface area contributed by atoms with Gasteiger partial charge in [-0.05, 0) is 44.7 Å². The van der Waals surface area contributed by atoms with E-state index < -0.39 is 0 Å². The topological polar surface area (TPSA) is 34.0 Å². The Balaban J connectivity index is 1.90. The summed E-state index contributed by atoms with van der Waals surface area (Å²) in [5, 5.41) is 3.06. The van der Waals surface area contributed by atoms with Gasteiger partial charge in [0.25, 0.3) is 5.91 Å². The van der Waals surface area contributed by atoms with Crippen LogP contribution in [0, 0.1) is 12.8 Å². The SMILES string of the molecule is C/C=C/Cn1c(C(=O)NCC2CC2)cc2sc(C)cc21. The third kappa shape index (κ3) is 2.66. The van der Waals surface area contributed by atoms with E-state index in [4.69, 9.17) is 0 Å². The van der Waals surface area contributed by atoms with Crippen LogP contribution >= 0.6 is 11.3 Å². The normalized spacial score (nSPS) is 15.3. The number of nitrogens with one attached hydrogen (secondary N) is 1. The van der Waals surface area contributed by atoms with E-state index in [-0.39, 0.29) is 5.91 Å². The van der Waals surface area contributed by atoms with Gasteiger partial charge in [0.1, 0.15) is 5.69 Å². The molecule has 3 rings (SSSR count). The van der Waals surface area contributed by atoms with Gasteiger partial charge < -0.3 is 9.88 Å². The Hall–Kier alpha value is -1.55. The lowest BCUT2D eigenvalue weighted by molar-refractivity contribution is 0.0943. The number of carbonyl (C=O) groups excluding carboxylic acids is 1. The minimum absolute atomic E-state index is 0.0578. The summed E-state index contributed by atoms with van der Waals surface area (Å²) in [6.45, 7) is 5.69. The van der Waals surface area contributed by atoms with Crippen molar-refractivity contribution in [3.05, 3.63) is 34.9 Å². The summed E-state index contributed by atoms with van der Waals surface area (Å²) in [5.41, 5.74) is 1.95. The van der Waals surface area contributed by atoms with Gasteiger partial charge in [0.15, 0.2) is 0 Å². The molecule has 3 nitrogen and oxygen atoms in total. The first-order valence-corrected chi connectivity index (χ1v) is 7.99. The summed E-state index contributed by atoms with van der Waals surface area (Å²) in [4.78, 5) is 13.6. The molecule has 20 heavy (non-hydrogen) atoms. The lowest BCUT2D eigenvalue weighted by atomic mass is 10.3. The number of carbonyl (C=O) groups is 1. The summed E-state index contributed by atoms with van der Waals surface area (Å²) < 4.78 is 3.31. The van der Waals surface area contributed by atoms with Crippen LogP contribution < -0.4 is 5.32 Å². The van der Waals surface area contributed by atoms with Gasteiger partial charge in [-0.25, -0.2) is 0 Å². The second-order valence-corrected chi connectivity index (χ2v) is 6.76. The molecular weight excluding hydrogens is 268 g/mol. The lowest BCUT2D eigenvalue weighted by Gasteiger charge is -2.08. The van der Waals surface area contributed by atoms with Crippen molar-refractivity contribution >= 4 is 27.5 Å². The summed E-state index contributed by atoms with van der Waals surface area (Å²) in [6.07, 6.45) is 6.63. The maximum Gasteiger partial charge on any atom is 0.267 e. The molecule has 106 valence electrons. The standard InChI is InChI=1S/C16H20N2OS/c1-3-4-7-18-13-8-11(2)20-15(13)9-14(18)16(19)17-10-12-5-6-12/h3-4,8-9,12H,5-7,10H2,1-2H3,(H,17,19)/b4-3+. The molecule has 2 aromatic heterocycles. The van der Waals surface area contributed by atoms with Gasteiger partial charge in [-0.1, -0.05) is 12.2 Å². The highest BCUT2D eigenvalue weighted by Gasteiger charge is 2.23. The molecule has 1 saturated carbocycles. The van der Waals surface area contributed by atoms with Crippen molar-refractivity contribution in [1.82, 2.24) is 9.88 Å². The number of hydrogen-bond acceptors (Lipinski definition) is 2. The number of hydrogen-bond donors (Lipinski definition) is 1. The highest BCUT2D eigenvalue weighted by molar-refractivity contribution is 7.19. The van der Waals surface area contributed by atoms with Gasteiger partial charge in [-0.2, -0.15) is 0 Å². The van der Waals surface area contributed by atoms with Gasteiger partial charge in [0.05, 0.1) is 10.2 Å². The predicted molar refractivity (Wildman–Crippen MR) is 84.4 cm³/mol. The first-order valence-electron chi connectivity index (χ1n) is 7.18. The van der Waals surface area contributed by atoms with Gasteiger partial charge >= 0.3 is 0 Å². The third-order valence-electron chi connectivity index (χ3n) is 3.72. The quantitative estimate of drug-likeness (QED) is 0.836. The maximum atomic E-state index is 12.4. The summed E-state index contributed by atoms with van der Waals surface area (Å²) >= 11 is 1.75. The largest absolute Gasteiger partial charge is 0.350 e. The van der Waals surface area contributed by atoms with Crippen LogP contribution in [-0.4, -0.2) is 17.0 Å². The number of allylic oxidation sites excluding steroid dienone is 2. The summed E-state index contributed by atoms with van der Waals surface area (Å²) in [7, 11) is 0. The monoisotopic (exact) mass is 288 g/mol. The number of rotatable bonds is 5. The average Bonchev–Trinajstić information content (AvgIpc) is 3.10. The molecule has 0 bridgehead atoms. The fourth-order valence-electron chi connectivity index (χ4n) is 2.41. The number of thiophene rings is 1. The molecule has 0 aliphatic heterocycles. The van der Waals surface area contributed by atoms with Crippen molar-refractivity contribution in [3.8, 4) is 0 Å². The van der Waals surface area contributed by atoms with Crippen molar-refractivity contribution in [2.45, 2.75) is 33.2 Å². The van der Waals surface area contributed by atoms with E-state index >= 15 is 0 Å². The number of nitrogens with zero attached hydrogens (tertiary/aromatic N) is 1. The van der Waals surface area contributed by atoms with Gasteiger partial charge in [-0.3, -0.25) is 4.79 Å². The van der Waals surface area contributed by atoms with Gasteiger partial charge in [0.2, 0.25) is 0 Å². The number of aryl methyl sites for hydroxylation is 1. The van der Waals surface area contributed by atoms with Crippen LogP contribution in [0.1, 0.15) is 35.1 Å². The van der Waals surface area contributed by atoms with Gasteiger partial charge in [0, 0.05) is 18.0 Å². The molecule has 1 amide bonds. The molecule has 1 fully saturated rings. The van der Waals surface area contributed by atoms with Crippen molar-refractivity contribution in [3.63, 3.8) is 0 Å². The van der Waals surface area contributed by atoms with Crippen LogP contribution in [0.5, 0.6) is 0 Å². The smallest absolute Gasteiger partial charge is 0.267 e. The van der Waals surface area contributed by atoms with Crippen molar-refractivity contribution in [2.24, 2.45) is 5.92 Å². The van der Waals surface area contributed by atoms with Crippen LogP contribution in [-0.2, 0) is 6.54 Å². The third-order valence-corrected chi connectivity index (χ3v) is 4.70. The van der Waals surface area contributed by atoms with E-state index in [0.29, 0.717) is 5.92 Å². The minimum Gasteiger partial charge on any atom is -0.350 e. The highest BCUT2D eigenvalue weighted by Crippen LogP contribution is 2.30. The summed E-state index contributed by atoms with van der Waals surface area (Å²) in [5.74, 6) is 0.767. The average molecular weight is 288 g/mol. The van der Waals surface area contributed by atoms with Crippen LogP contribution in [0.3, 0.4) is 0 Å². The zero-order valence-corrected chi connectivity index (χ0v) is 12.8. The Morgan fingerprint density at radius 2 is 2.30 bits per heavy atom. The Morgan fingerprint density at radius 1 is 1.50 bits per heavy atom. The Kier molecular flexibility index (Phi) is 3.66. The van der Waals surface area contributed by atoms with E-state index in [1.165, 1.54) is 27.9 Å². The van der Waals surface area contributed by atoms with Crippen molar-refractivity contribution < 1.29 is 4.79 Å². The number of aromatic nitrogens is 1. The summed E-state index contributed by atoms with van der Waals surface area (Å²) in [6, 6.07) is 4.19. The molecule has 4 heteroatoms. The molecule has 0 radical (unpaired) electrons. The fraction of sp³-hybridized carbons (Fsp3) is 0.438. The second-order valence-electron chi connectivity index (χ2n) is 5.47. The maximum absolute atomic E-state index is 12.4. The molecule has 0 unspecified atom stereocenters. The second kappa shape index (κ2) is 5.44. The molecule has 0 atom stereocenters. The first kappa shape index (κ1) is 13.4. The van der Waals surface area contributed by atoms with Crippen LogP contribution in [0.2, 0.25) is 0 Å². The molecule has 2 heterocycles. The molecule has 0 spiro atoms. The van der Waals surface area contributed by atoms with E-state index in [1.54, 1.807) is 11.3 Å². The van der Waals surface area contributed by atoms with E-state index in [1.807, 2.05) is 19.1 Å². The van der Waals surface area contributed by atoms with Crippen LogP contribution in [0.4, 0.5) is 0 Å². The Morgan fingerprint density at radius 3 is 3.00 bits per heavy atom. The van der Waals surface area contributed by atoms with Crippen LogP contribution in [0.15, 0.2) is 24.3 Å². The van der Waals surface area contributed by atoms with Gasteiger partial charge in [-0.15, -0.1) is 11.3 Å². The van der Waals surface area contributed by atoms with E-state index in [2.05, 4.69) is 29.0 Å². The van der Waals surface area contributed by atoms with E-state index in [9.17, 15) is 4.79 Å². The predicted octanol–water partition coefficient (Wildman–Crippen LogP) is 3.73. The molecule has 1 N–H and O–H groups in total. The highest BCUT2D eigenvalue weighted by atomic mass is 32.1. The molecule has 2 aromatic rings. The van der Waals surface area contributed by atoms with Crippen molar-refractivity contribution in [2.75, 3.05) is 6.54 Å². The molecule has 0 aromatic carbocycles. The van der Waals surface area contributed by atoms with E-state index in [0.717, 1.165) is 18.8 Å². The Labute approximate surface area is 123 Å². The zero-order valence-electron chi connectivity index (χ0n) is 12.0. The lowest BCUT2D eigenvalue weighted by Crippen LogP contribution is -2.27. The number of fused-ring (bicyclic) bond motifs is 1. The fourth-order valence-corrected chi connectivity index (χ4v) is 3.37. The van der Waals surface area contributed by atoms with Crippen molar-refractivity contribution in [1.29, 1.82) is 0 Å².